The van der Waals surface area contributed by atoms with E-state index in [1.165, 1.54) is 38.3 Å². The van der Waals surface area contributed by atoms with Crippen LogP contribution in [0.2, 0.25) is 0 Å². The Morgan fingerprint density at radius 3 is 2.31 bits per heavy atom. The van der Waals surface area contributed by atoms with Crippen molar-refractivity contribution in [3.8, 4) is 0 Å². The summed E-state index contributed by atoms with van der Waals surface area (Å²) in [6.45, 7) is 4.74. The molecule has 78 valence electrons. The van der Waals surface area contributed by atoms with Crippen LogP contribution in [0.25, 0.3) is 0 Å². The van der Waals surface area contributed by atoms with Gasteiger partial charge in [0, 0.05) is 0 Å². The average Bonchev–Trinajstić information content (AvgIpc) is 2.21. The highest BCUT2D eigenvalue weighted by Crippen LogP contribution is 2.47. The van der Waals surface area contributed by atoms with E-state index in [0.717, 1.165) is 5.66 Å². The van der Waals surface area contributed by atoms with Gasteiger partial charge in [0.15, 0.2) is 0 Å². The van der Waals surface area contributed by atoms with Gasteiger partial charge in [-0.3, -0.25) is 0 Å². The van der Waals surface area contributed by atoms with Crippen LogP contribution in [-0.2, 0) is 0 Å². The third kappa shape index (κ3) is 3.98. The lowest BCUT2D eigenvalue weighted by molar-refractivity contribution is 0.510. The predicted octanol–water partition coefficient (Wildman–Crippen LogP) is 4.62. The third-order valence-electron chi connectivity index (χ3n) is 3.30. The molecule has 1 rings (SSSR count). The summed E-state index contributed by atoms with van der Waals surface area (Å²) in [5, 5.41) is 0. The van der Waals surface area contributed by atoms with Crippen LogP contribution in [0.15, 0.2) is 0 Å². The molecular weight excluding hydrogens is 175 g/mol. The molecule has 13 heavy (non-hydrogen) atoms. The van der Waals surface area contributed by atoms with E-state index in [2.05, 4.69) is 13.8 Å². The molecule has 0 spiro atoms. The fourth-order valence-corrected chi connectivity index (χ4v) is 5.42. The fourth-order valence-electron chi connectivity index (χ4n) is 2.41. The number of hydrogen-bond donors (Lipinski definition) is 0. The van der Waals surface area contributed by atoms with Crippen LogP contribution in [0.4, 0.5) is 0 Å². The van der Waals surface area contributed by atoms with Gasteiger partial charge in [-0.25, -0.2) is 0 Å². The molecule has 0 radical (unpaired) electrons. The molecule has 0 aliphatic heterocycles. The van der Waals surface area contributed by atoms with Crippen molar-refractivity contribution in [2.45, 2.75) is 64.5 Å². The summed E-state index contributed by atoms with van der Waals surface area (Å²) < 4.78 is 0. The quantitative estimate of drug-likeness (QED) is 0.568. The topological polar surface area (TPSA) is 0 Å². The van der Waals surface area contributed by atoms with Crippen molar-refractivity contribution < 1.29 is 0 Å². The number of unbranched alkanes of at least 4 members (excludes halogenated alkanes) is 1. The first-order chi connectivity index (χ1) is 6.38. The molecule has 1 heteroatoms. The maximum absolute atomic E-state index is 2.41. The van der Waals surface area contributed by atoms with E-state index in [1.807, 2.05) is 0 Å². The average molecular weight is 200 g/mol. The molecule has 1 aliphatic carbocycles. The summed E-state index contributed by atoms with van der Waals surface area (Å²) in [6, 6.07) is 0. The van der Waals surface area contributed by atoms with E-state index in [9.17, 15) is 0 Å². The van der Waals surface area contributed by atoms with Crippen molar-refractivity contribution in [2.75, 3.05) is 12.3 Å². The molecule has 0 aromatic heterocycles. The molecule has 1 fully saturated rings. The minimum atomic E-state index is 0.418. The largest absolute Gasteiger partial charge is 0.104 e. The highest BCUT2D eigenvalue weighted by atomic mass is 31.1. The van der Waals surface area contributed by atoms with E-state index < -0.39 is 0 Å². The maximum Gasteiger partial charge on any atom is -0.0209 e. The van der Waals surface area contributed by atoms with E-state index in [1.54, 1.807) is 19.0 Å². The van der Waals surface area contributed by atoms with E-state index in [-0.39, 0.29) is 0 Å². The number of rotatable bonds is 5. The molecule has 1 atom stereocenters. The molecule has 0 N–H and O–H groups in total. The van der Waals surface area contributed by atoms with Gasteiger partial charge < -0.3 is 0 Å². The lowest BCUT2D eigenvalue weighted by Crippen LogP contribution is -2.13. The zero-order valence-corrected chi connectivity index (χ0v) is 10.3. The Labute approximate surface area is 85.2 Å². The van der Waals surface area contributed by atoms with Gasteiger partial charge in [-0.15, -0.1) is 7.92 Å². The number of hydrogen-bond acceptors (Lipinski definition) is 0. The summed E-state index contributed by atoms with van der Waals surface area (Å²) >= 11 is 0. The van der Waals surface area contributed by atoms with Gasteiger partial charge in [-0.1, -0.05) is 39.5 Å². The van der Waals surface area contributed by atoms with Crippen LogP contribution in [0.5, 0.6) is 0 Å². The van der Waals surface area contributed by atoms with Crippen molar-refractivity contribution in [3.63, 3.8) is 0 Å². The molecule has 0 bridgehead atoms. The summed E-state index contributed by atoms with van der Waals surface area (Å²) in [5.74, 6) is 0. The van der Waals surface area contributed by atoms with Gasteiger partial charge in [0.2, 0.25) is 0 Å². The second kappa shape index (κ2) is 6.82. The van der Waals surface area contributed by atoms with Gasteiger partial charge in [0.05, 0.1) is 0 Å². The first kappa shape index (κ1) is 11.5. The highest BCUT2D eigenvalue weighted by Gasteiger charge is 2.20. The minimum Gasteiger partial charge on any atom is -0.104 e. The second-order valence-electron chi connectivity index (χ2n) is 4.27. The Balaban J connectivity index is 2.26. The molecule has 0 nitrogen and oxygen atoms in total. The van der Waals surface area contributed by atoms with Crippen molar-refractivity contribution in [2.24, 2.45) is 0 Å². The summed E-state index contributed by atoms with van der Waals surface area (Å²) in [7, 11) is 0.418. The first-order valence-electron chi connectivity index (χ1n) is 6.12. The smallest absolute Gasteiger partial charge is 0.0209 e. The van der Waals surface area contributed by atoms with Gasteiger partial charge in [0.1, 0.15) is 0 Å². The van der Waals surface area contributed by atoms with Crippen LogP contribution < -0.4 is 0 Å². The summed E-state index contributed by atoms with van der Waals surface area (Å²) in [4.78, 5) is 0. The van der Waals surface area contributed by atoms with E-state index in [0.29, 0.717) is 7.92 Å². The Kier molecular flexibility index (Phi) is 6.04. The first-order valence-corrected chi connectivity index (χ1v) is 7.90. The Hall–Kier alpha value is 0.430. The zero-order valence-electron chi connectivity index (χ0n) is 9.39. The van der Waals surface area contributed by atoms with E-state index in [4.69, 9.17) is 0 Å². The van der Waals surface area contributed by atoms with Crippen LogP contribution in [0.1, 0.15) is 58.8 Å². The SMILES string of the molecule is CCCCP(CC)C1CCCCC1. The second-order valence-corrected chi connectivity index (χ2v) is 7.26. The van der Waals surface area contributed by atoms with Crippen molar-refractivity contribution >= 4 is 7.92 Å². The Morgan fingerprint density at radius 1 is 1.08 bits per heavy atom. The fraction of sp³-hybridized carbons (Fsp3) is 1.00. The normalized spacial score (nSPS) is 21.7. The van der Waals surface area contributed by atoms with E-state index >= 15 is 0 Å². The van der Waals surface area contributed by atoms with Crippen molar-refractivity contribution in [3.05, 3.63) is 0 Å². The molecule has 1 unspecified atom stereocenters. The van der Waals surface area contributed by atoms with Gasteiger partial charge in [0.25, 0.3) is 0 Å². The maximum atomic E-state index is 2.41. The van der Waals surface area contributed by atoms with Gasteiger partial charge >= 0.3 is 0 Å². The van der Waals surface area contributed by atoms with Crippen LogP contribution in [0, 0.1) is 0 Å². The third-order valence-corrected chi connectivity index (χ3v) is 6.55. The monoisotopic (exact) mass is 200 g/mol. The molecule has 0 aromatic rings. The predicted molar refractivity (Wildman–Crippen MR) is 64.1 cm³/mol. The molecule has 1 aliphatic rings. The van der Waals surface area contributed by atoms with Gasteiger partial charge in [-0.2, -0.15) is 0 Å². The molecule has 0 saturated heterocycles. The molecular formula is C12H25P. The Bertz CT molecular complexity index is 116. The van der Waals surface area contributed by atoms with Crippen molar-refractivity contribution in [1.82, 2.24) is 0 Å². The van der Waals surface area contributed by atoms with Gasteiger partial charge in [-0.05, 0) is 37.2 Å². The lowest BCUT2D eigenvalue weighted by Gasteiger charge is -2.30. The highest BCUT2D eigenvalue weighted by molar-refractivity contribution is 7.58. The molecule has 1 saturated carbocycles. The zero-order chi connectivity index (χ0) is 9.52. The molecule has 0 amide bonds. The van der Waals surface area contributed by atoms with Crippen LogP contribution >= 0.6 is 7.92 Å². The molecule has 0 heterocycles. The standard InChI is InChI=1S/C12H25P/c1-3-5-11-13(4-2)12-9-7-6-8-10-12/h12H,3-11H2,1-2H3. The van der Waals surface area contributed by atoms with Crippen molar-refractivity contribution in [1.29, 1.82) is 0 Å². The Morgan fingerprint density at radius 2 is 1.77 bits per heavy atom. The van der Waals surface area contributed by atoms with Crippen LogP contribution in [0.3, 0.4) is 0 Å². The summed E-state index contributed by atoms with van der Waals surface area (Å²) in [5.41, 5.74) is 1.15. The lowest BCUT2D eigenvalue weighted by atomic mass is 10.0. The molecule has 0 aromatic carbocycles. The summed E-state index contributed by atoms with van der Waals surface area (Å²) in [6.07, 6.45) is 13.6. The van der Waals surface area contributed by atoms with Crippen LogP contribution in [-0.4, -0.2) is 18.0 Å². The minimum absolute atomic E-state index is 0.418.